The summed E-state index contributed by atoms with van der Waals surface area (Å²) in [5.74, 6) is 0. The average molecular weight is 1050 g/mol. The number of hydrogen-bond acceptors (Lipinski definition) is 2. The van der Waals surface area contributed by atoms with Gasteiger partial charge in [0.25, 0.3) is 0 Å². The van der Waals surface area contributed by atoms with E-state index in [9.17, 15) is 0 Å². The first-order valence-corrected chi connectivity index (χ1v) is 28.1. The maximum atomic E-state index is 5.43. The van der Waals surface area contributed by atoms with Crippen molar-refractivity contribution in [2.24, 2.45) is 4.99 Å². The zero-order valence-electron chi connectivity index (χ0n) is 44.5. The molecule has 1 aliphatic heterocycles. The van der Waals surface area contributed by atoms with Crippen LogP contribution >= 0.6 is 0 Å². The summed E-state index contributed by atoms with van der Waals surface area (Å²) < 4.78 is 9.87. The molecule has 17 rings (SSSR count). The second kappa shape index (κ2) is 18.3. The Labute approximate surface area is 472 Å². The lowest BCUT2D eigenvalue weighted by Crippen LogP contribution is -2.25. The van der Waals surface area contributed by atoms with Gasteiger partial charge in [0.15, 0.2) is 0 Å². The Morgan fingerprint density at radius 3 is 1.33 bits per heavy atom. The third kappa shape index (κ3) is 7.04. The van der Waals surface area contributed by atoms with E-state index in [2.05, 4.69) is 315 Å². The van der Waals surface area contributed by atoms with Gasteiger partial charge in [-0.15, -0.1) is 0 Å². The zero-order valence-corrected chi connectivity index (χ0v) is 44.5. The predicted octanol–water partition coefficient (Wildman–Crippen LogP) is 18.9. The van der Waals surface area contributed by atoms with Crippen molar-refractivity contribution in [3.8, 4) is 33.9 Å². The molecule has 0 radical (unpaired) electrons. The number of nitrogens with zero attached hydrogens (tertiary/aromatic N) is 5. The highest BCUT2D eigenvalue weighted by atomic mass is 15.1. The Balaban J connectivity index is 0.897. The highest BCUT2D eigenvalue weighted by Gasteiger charge is 2.26. The van der Waals surface area contributed by atoms with E-state index in [0.717, 1.165) is 78.5 Å². The van der Waals surface area contributed by atoms with E-state index in [0.29, 0.717) is 0 Å². The highest BCUT2D eigenvalue weighted by Crippen LogP contribution is 2.46. The van der Waals surface area contributed by atoms with Crippen LogP contribution in [0.25, 0.3) is 127 Å². The molecule has 16 aromatic rings. The van der Waals surface area contributed by atoms with Crippen molar-refractivity contribution in [2.75, 3.05) is 0 Å². The summed E-state index contributed by atoms with van der Waals surface area (Å²) in [6.45, 7) is 0. The Bertz CT molecular complexity index is 5280. The summed E-state index contributed by atoms with van der Waals surface area (Å²) in [7, 11) is 0. The summed E-state index contributed by atoms with van der Waals surface area (Å²) in [5, 5.41) is 13.5. The van der Waals surface area contributed by atoms with Crippen molar-refractivity contribution >= 4 is 98.6 Å². The summed E-state index contributed by atoms with van der Waals surface area (Å²) >= 11 is 0. The van der Waals surface area contributed by atoms with Crippen LogP contribution in [0, 0.1) is 0 Å². The quantitative estimate of drug-likeness (QED) is 0.162. The summed E-state index contributed by atoms with van der Waals surface area (Å²) in [6.07, 6.45) is 1.84. The minimum Gasteiger partial charge on any atom is -0.360 e. The maximum Gasteiger partial charge on any atom is 0.145 e. The number of hydrogen-bond donors (Lipinski definition) is 1. The molecule has 384 valence electrons. The number of nitrogens with one attached hydrogen (secondary N) is 1. The molecule has 5 heterocycles. The Hall–Kier alpha value is -11.0. The molecule has 82 heavy (non-hydrogen) atoms. The molecule has 4 aromatic heterocycles. The van der Waals surface area contributed by atoms with Crippen molar-refractivity contribution < 1.29 is 0 Å². The SMILES string of the molecule is C1=C(c2ccccc2)NC(c2cccc(-n3c4ccc(-c5ccc6c(c5)c5ccc7c8ccccc8n(-c8ccccc8)c7c5n6-c5ccccc5)cc4c4ccc5c(c6ccccc6n5-c5ccccc5)c43)c2)N=C1c1ccccc1. The second-order valence-electron chi connectivity index (χ2n) is 21.5. The Kier molecular flexibility index (Phi) is 10.3. The van der Waals surface area contributed by atoms with Gasteiger partial charge in [-0.2, -0.15) is 0 Å². The van der Waals surface area contributed by atoms with Crippen LogP contribution in [0.5, 0.6) is 0 Å². The van der Waals surface area contributed by atoms with Gasteiger partial charge in [-0.05, 0) is 125 Å². The standard InChI is InChI=1S/C76H50N6/c1-6-21-49(22-7-1)65-48-66(50-23-8-2-9-24-50)78-76(77-65)53-25-20-32-57(45-53)82-70-43-38-51(46-63(70)60-41-44-71-72(73(60)82)62-34-17-19-36-68(62)79(71)54-26-10-3-11-27-54)52-37-42-69-64(47-52)61-40-39-59-58-33-16-18-35-67(58)80(55-28-12-4-13-29-55)74(59)75(61)81(69)56-30-14-5-15-31-56/h1-48,76-77H. The number of fused-ring (bicyclic) bond motifs is 14. The Morgan fingerprint density at radius 2 is 0.720 bits per heavy atom. The number of allylic oxidation sites excluding steroid dienone is 1. The summed E-state index contributed by atoms with van der Waals surface area (Å²) in [6, 6.07) is 104. The first kappa shape index (κ1) is 46.0. The maximum absolute atomic E-state index is 5.43. The molecule has 12 aromatic carbocycles. The lowest BCUT2D eigenvalue weighted by Gasteiger charge is -2.25. The van der Waals surface area contributed by atoms with E-state index >= 15 is 0 Å². The fourth-order valence-electron chi connectivity index (χ4n) is 13.4. The van der Waals surface area contributed by atoms with Gasteiger partial charge < -0.3 is 23.6 Å². The van der Waals surface area contributed by atoms with Crippen molar-refractivity contribution in [2.45, 2.75) is 6.17 Å². The third-order valence-corrected chi connectivity index (χ3v) is 16.9. The largest absolute Gasteiger partial charge is 0.360 e. The lowest BCUT2D eigenvalue weighted by molar-refractivity contribution is 0.663. The number of para-hydroxylation sites is 5. The normalized spacial score (nSPS) is 13.7. The topological polar surface area (TPSA) is 44.1 Å². The first-order chi connectivity index (χ1) is 40.7. The van der Waals surface area contributed by atoms with Gasteiger partial charge in [-0.3, -0.25) is 4.99 Å². The number of aromatic nitrogens is 4. The van der Waals surface area contributed by atoms with Crippen LogP contribution in [0.15, 0.2) is 296 Å². The molecule has 0 bridgehead atoms. The van der Waals surface area contributed by atoms with Crippen molar-refractivity contribution in [3.63, 3.8) is 0 Å². The molecule has 0 amide bonds. The van der Waals surface area contributed by atoms with Crippen LogP contribution in [0.4, 0.5) is 0 Å². The molecule has 1 N–H and O–H groups in total. The summed E-state index contributed by atoms with van der Waals surface area (Å²) in [4.78, 5) is 5.43. The van der Waals surface area contributed by atoms with Gasteiger partial charge in [0.1, 0.15) is 6.17 Å². The van der Waals surface area contributed by atoms with Gasteiger partial charge in [0, 0.05) is 71.5 Å². The van der Waals surface area contributed by atoms with Crippen LogP contribution in [-0.2, 0) is 0 Å². The lowest BCUT2D eigenvalue weighted by atomic mass is 10.00. The van der Waals surface area contributed by atoms with Crippen LogP contribution in [-0.4, -0.2) is 24.0 Å². The molecule has 6 nitrogen and oxygen atoms in total. The molecule has 0 aliphatic carbocycles. The molecular formula is C76H50N6. The summed E-state index contributed by atoms with van der Waals surface area (Å²) in [5.41, 5.74) is 21.4. The van der Waals surface area contributed by atoms with Crippen LogP contribution in [0.3, 0.4) is 0 Å². The third-order valence-electron chi connectivity index (χ3n) is 16.9. The second-order valence-corrected chi connectivity index (χ2v) is 21.5. The minimum absolute atomic E-state index is 0.337. The predicted molar refractivity (Wildman–Crippen MR) is 343 cm³/mol. The van der Waals surface area contributed by atoms with Gasteiger partial charge >= 0.3 is 0 Å². The molecule has 0 spiro atoms. The number of rotatable bonds is 8. The van der Waals surface area contributed by atoms with Crippen LogP contribution in [0.1, 0.15) is 22.9 Å². The molecule has 1 aliphatic rings. The van der Waals surface area contributed by atoms with E-state index in [1.165, 1.54) is 70.7 Å². The number of aliphatic imine (C=N–C) groups is 1. The molecule has 0 saturated heterocycles. The van der Waals surface area contributed by atoms with Crippen LogP contribution in [0.2, 0.25) is 0 Å². The van der Waals surface area contributed by atoms with Gasteiger partial charge in [0.2, 0.25) is 0 Å². The fourth-order valence-corrected chi connectivity index (χ4v) is 13.4. The minimum atomic E-state index is -0.337. The first-order valence-electron chi connectivity index (χ1n) is 28.1. The smallest absolute Gasteiger partial charge is 0.145 e. The van der Waals surface area contributed by atoms with Crippen molar-refractivity contribution in [3.05, 3.63) is 308 Å². The molecule has 1 unspecified atom stereocenters. The molecule has 0 saturated carbocycles. The van der Waals surface area contributed by atoms with Crippen molar-refractivity contribution in [1.82, 2.24) is 23.6 Å². The van der Waals surface area contributed by atoms with E-state index in [1.54, 1.807) is 0 Å². The molecule has 6 heteroatoms. The Morgan fingerprint density at radius 1 is 0.280 bits per heavy atom. The van der Waals surface area contributed by atoms with Crippen LogP contribution < -0.4 is 5.32 Å². The highest BCUT2D eigenvalue weighted by molar-refractivity contribution is 6.27. The van der Waals surface area contributed by atoms with E-state index in [-0.39, 0.29) is 6.17 Å². The van der Waals surface area contributed by atoms with Gasteiger partial charge in [0.05, 0.1) is 49.8 Å². The zero-order chi connectivity index (χ0) is 53.8. The van der Waals surface area contributed by atoms with Gasteiger partial charge in [-0.1, -0.05) is 194 Å². The number of benzene rings is 12. The van der Waals surface area contributed by atoms with E-state index < -0.39 is 0 Å². The molecule has 0 fully saturated rings. The van der Waals surface area contributed by atoms with Gasteiger partial charge in [-0.25, -0.2) is 0 Å². The fraction of sp³-hybridized carbons (Fsp3) is 0.0132. The monoisotopic (exact) mass is 1050 g/mol. The van der Waals surface area contributed by atoms with E-state index in [4.69, 9.17) is 4.99 Å². The molecular weight excluding hydrogens is 997 g/mol. The molecule has 1 atom stereocenters. The van der Waals surface area contributed by atoms with E-state index in [1.807, 2.05) is 0 Å². The average Bonchev–Trinajstić information content (AvgIpc) is 1.97. The van der Waals surface area contributed by atoms with Crippen molar-refractivity contribution in [1.29, 1.82) is 0 Å².